The van der Waals surface area contributed by atoms with E-state index < -0.39 is 10.4 Å². The first-order valence-corrected chi connectivity index (χ1v) is 14.6. The minimum atomic E-state index is -4.42. The molecule has 0 radical (unpaired) electrons. The van der Waals surface area contributed by atoms with Crippen LogP contribution in [0.5, 0.6) is 0 Å². The van der Waals surface area contributed by atoms with Crippen LogP contribution in [0.4, 0.5) is 0 Å². The summed E-state index contributed by atoms with van der Waals surface area (Å²) in [4.78, 5) is 5.89. The molecular weight excluding hydrogens is 424 g/mol. The minimum absolute atomic E-state index is 0.0914. The van der Waals surface area contributed by atoms with E-state index in [-0.39, 0.29) is 6.61 Å². The van der Waals surface area contributed by atoms with Crippen molar-refractivity contribution >= 4 is 16.7 Å². The average molecular weight is 477 g/mol. The SMILES string of the molecule is CC(C)CCCCCCCCCCCCCCCCC[NH+]1C=NCC1.CCOS(=O)(=O)[O-]. The number of hydrogen-bond acceptors (Lipinski definition) is 5. The molecule has 0 aromatic heterocycles. The van der Waals surface area contributed by atoms with Gasteiger partial charge < -0.3 is 4.55 Å². The lowest BCUT2D eigenvalue weighted by molar-refractivity contribution is -0.791. The minimum Gasteiger partial charge on any atom is -0.726 e. The molecule has 0 aliphatic carbocycles. The highest BCUT2D eigenvalue weighted by Gasteiger charge is 2.09. The predicted molar refractivity (Wildman–Crippen MR) is 134 cm³/mol. The molecule has 192 valence electrons. The maximum atomic E-state index is 9.45. The standard InChI is InChI=1S/C23H46N2.C2H6O4S/c1-23(2)18-16-14-12-10-8-6-4-3-5-7-9-11-13-15-17-20-25-21-19-24-22-25;1-2-6-7(3,4)5/h22-23H,3-21H2,1-2H3;2H2,1H3,(H,3,4,5). The van der Waals surface area contributed by atoms with Crippen LogP contribution in [0, 0.1) is 5.92 Å². The highest BCUT2D eigenvalue weighted by molar-refractivity contribution is 7.80. The topological polar surface area (TPSA) is 83.2 Å². The quantitative estimate of drug-likeness (QED) is 0.147. The molecule has 0 bridgehead atoms. The Morgan fingerprint density at radius 3 is 1.59 bits per heavy atom. The molecule has 0 saturated heterocycles. The van der Waals surface area contributed by atoms with E-state index in [0.717, 1.165) is 12.5 Å². The first-order chi connectivity index (χ1) is 15.3. The van der Waals surface area contributed by atoms with Gasteiger partial charge in [-0.3, -0.25) is 9.08 Å². The summed E-state index contributed by atoms with van der Waals surface area (Å²) in [6.45, 7) is 9.60. The summed E-state index contributed by atoms with van der Waals surface area (Å²) in [6.07, 6.45) is 25.4. The molecule has 1 N–H and O–H groups in total. The third kappa shape index (κ3) is 25.8. The Morgan fingerprint density at radius 2 is 1.28 bits per heavy atom. The van der Waals surface area contributed by atoms with Crippen molar-refractivity contribution in [2.75, 3.05) is 26.2 Å². The van der Waals surface area contributed by atoms with Crippen LogP contribution in [0.1, 0.15) is 124 Å². The van der Waals surface area contributed by atoms with Gasteiger partial charge in [-0.2, -0.15) is 0 Å². The Labute approximate surface area is 199 Å². The number of quaternary nitrogens is 1. The fourth-order valence-corrected chi connectivity index (χ4v) is 4.29. The molecule has 0 aromatic rings. The molecule has 1 aliphatic rings. The van der Waals surface area contributed by atoms with E-state index in [1.54, 1.807) is 4.90 Å². The number of rotatable bonds is 20. The van der Waals surface area contributed by atoms with Crippen molar-refractivity contribution in [2.45, 2.75) is 124 Å². The molecule has 32 heavy (non-hydrogen) atoms. The van der Waals surface area contributed by atoms with Gasteiger partial charge in [-0.15, -0.1) is 0 Å². The Morgan fingerprint density at radius 1 is 0.844 bits per heavy atom. The van der Waals surface area contributed by atoms with E-state index in [9.17, 15) is 13.0 Å². The first kappa shape index (κ1) is 31.5. The molecule has 0 spiro atoms. The largest absolute Gasteiger partial charge is 0.726 e. The Bertz CT molecular complexity index is 524. The molecule has 0 amide bonds. The first-order valence-electron chi connectivity index (χ1n) is 13.3. The van der Waals surface area contributed by atoms with Crippen LogP contribution in [0.15, 0.2) is 4.99 Å². The lowest BCUT2D eigenvalue weighted by Crippen LogP contribution is -3.09. The Balaban J connectivity index is 0.00000118. The molecule has 7 heteroatoms. The van der Waals surface area contributed by atoms with E-state index in [1.807, 2.05) is 0 Å². The van der Waals surface area contributed by atoms with E-state index in [0.29, 0.717) is 0 Å². The van der Waals surface area contributed by atoms with Crippen LogP contribution in [0.3, 0.4) is 0 Å². The van der Waals surface area contributed by atoms with Gasteiger partial charge in [0.05, 0.1) is 19.7 Å². The second-order valence-electron chi connectivity index (χ2n) is 9.49. The molecule has 1 unspecified atom stereocenters. The molecular formula is C25H52N2O4S. The van der Waals surface area contributed by atoms with Crippen LogP contribution < -0.4 is 4.90 Å². The van der Waals surface area contributed by atoms with E-state index in [1.165, 1.54) is 123 Å². The molecule has 1 atom stereocenters. The molecule has 0 fully saturated rings. The van der Waals surface area contributed by atoms with E-state index >= 15 is 0 Å². The van der Waals surface area contributed by atoms with Crippen LogP contribution in [-0.4, -0.2) is 45.6 Å². The van der Waals surface area contributed by atoms with Gasteiger partial charge in [-0.1, -0.05) is 104 Å². The number of nitrogens with one attached hydrogen (secondary N) is 1. The average Bonchev–Trinajstić information content (AvgIpc) is 3.23. The molecule has 1 heterocycles. The van der Waals surface area contributed by atoms with Crippen LogP contribution >= 0.6 is 0 Å². The van der Waals surface area contributed by atoms with Gasteiger partial charge in [0.25, 0.3) is 0 Å². The van der Waals surface area contributed by atoms with Crippen molar-refractivity contribution in [2.24, 2.45) is 10.9 Å². The predicted octanol–water partition coefficient (Wildman–Crippen LogP) is 5.29. The van der Waals surface area contributed by atoms with E-state index in [4.69, 9.17) is 0 Å². The number of aliphatic imine (C=N–C) groups is 1. The van der Waals surface area contributed by atoms with Gasteiger partial charge in [0, 0.05) is 0 Å². The summed E-state index contributed by atoms with van der Waals surface area (Å²) >= 11 is 0. The second kappa shape index (κ2) is 22.3. The van der Waals surface area contributed by atoms with Gasteiger partial charge in [0.1, 0.15) is 6.54 Å². The van der Waals surface area contributed by atoms with Crippen molar-refractivity contribution in [1.82, 2.24) is 0 Å². The smallest absolute Gasteiger partial charge is 0.217 e. The fourth-order valence-electron chi connectivity index (χ4n) is 4.00. The molecule has 0 aromatic carbocycles. The maximum absolute atomic E-state index is 9.45. The molecule has 0 saturated carbocycles. The molecule has 1 aliphatic heterocycles. The zero-order valence-corrected chi connectivity index (χ0v) is 22.1. The Hall–Kier alpha value is -0.500. The summed E-state index contributed by atoms with van der Waals surface area (Å²) in [5, 5.41) is 0. The van der Waals surface area contributed by atoms with Crippen molar-refractivity contribution in [1.29, 1.82) is 0 Å². The third-order valence-corrected chi connectivity index (χ3v) is 6.40. The lowest BCUT2D eigenvalue weighted by atomic mass is 10.0. The maximum Gasteiger partial charge on any atom is 0.217 e. The highest BCUT2D eigenvalue weighted by Crippen LogP contribution is 2.14. The normalized spacial score (nSPS) is 15.8. The molecule has 1 rings (SSSR count). The van der Waals surface area contributed by atoms with Crippen LogP contribution in [-0.2, 0) is 14.6 Å². The van der Waals surface area contributed by atoms with Crippen molar-refractivity contribution < 1.29 is 22.1 Å². The second-order valence-corrected chi connectivity index (χ2v) is 10.5. The van der Waals surface area contributed by atoms with Gasteiger partial charge >= 0.3 is 0 Å². The van der Waals surface area contributed by atoms with Crippen molar-refractivity contribution in [3.63, 3.8) is 0 Å². The summed E-state index contributed by atoms with van der Waals surface area (Å²) in [7, 11) is -4.42. The third-order valence-electron chi connectivity index (χ3n) is 5.88. The zero-order chi connectivity index (χ0) is 23.9. The van der Waals surface area contributed by atoms with Gasteiger partial charge in [-0.05, 0) is 25.7 Å². The van der Waals surface area contributed by atoms with Gasteiger partial charge in [0.15, 0.2) is 6.34 Å². The summed E-state index contributed by atoms with van der Waals surface area (Å²) < 4.78 is 32.0. The van der Waals surface area contributed by atoms with Crippen molar-refractivity contribution in [3.8, 4) is 0 Å². The van der Waals surface area contributed by atoms with Crippen LogP contribution in [0.25, 0.3) is 0 Å². The zero-order valence-electron chi connectivity index (χ0n) is 21.3. The number of nitrogens with zero attached hydrogens (tertiary/aromatic N) is 1. The fraction of sp³-hybridized carbons (Fsp3) is 0.960. The Kier molecular flexibility index (Phi) is 22.0. The summed E-state index contributed by atoms with van der Waals surface area (Å²) in [5.41, 5.74) is 0. The van der Waals surface area contributed by atoms with Crippen LogP contribution in [0.2, 0.25) is 0 Å². The summed E-state index contributed by atoms with van der Waals surface area (Å²) in [5.74, 6) is 0.894. The van der Waals surface area contributed by atoms with E-state index in [2.05, 4.69) is 29.4 Å². The van der Waals surface area contributed by atoms with Gasteiger partial charge in [-0.25, -0.2) is 13.4 Å². The van der Waals surface area contributed by atoms with Crippen molar-refractivity contribution in [3.05, 3.63) is 0 Å². The number of hydrogen-bond donors (Lipinski definition) is 1. The summed E-state index contributed by atoms with van der Waals surface area (Å²) in [6, 6.07) is 0. The van der Waals surface area contributed by atoms with Gasteiger partial charge in [0.2, 0.25) is 10.4 Å². The monoisotopic (exact) mass is 476 g/mol. The lowest BCUT2D eigenvalue weighted by Gasteiger charge is -2.07. The molecule has 6 nitrogen and oxygen atoms in total. The number of unbranched alkanes of at least 4 members (excludes halogenated alkanes) is 14. The highest BCUT2D eigenvalue weighted by atomic mass is 32.3.